The lowest BCUT2D eigenvalue weighted by Crippen LogP contribution is -2.46. The highest BCUT2D eigenvalue weighted by molar-refractivity contribution is 7.14. The number of carbonyl (C=O) groups excluding carboxylic acids is 2. The third-order valence-electron chi connectivity index (χ3n) is 6.12. The molecule has 5 nitrogen and oxygen atoms in total. The molecule has 0 unspecified atom stereocenters. The Labute approximate surface area is 159 Å². The van der Waals surface area contributed by atoms with Crippen LogP contribution in [-0.4, -0.2) is 60.9 Å². The third-order valence-corrected chi connectivity index (χ3v) is 7.35. The van der Waals surface area contributed by atoms with E-state index in [4.69, 9.17) is 0 Å². The highest BCUT2D eigenvalue weighted by Crippen LogP contribution is 2.33. The molecule has 1 aromatic rings. The number of piperidine rings is 1. The number of nitrogens with one attached hydrogen (secondary N) is 1. The minimum absolute atomic E-state index is 0.0616. The molecule has 0 spiro atoms. The molecule has 142 valence electrons. The van der Waals surface area contributed by atoms with Gasteiger partial charge in [0.2, 0.25) is 5.91 Å². The predicted octanol–water partition coefficient (Wildman–Crippen LogP) is 2.30. The van der Waals surface area contributed by atoms with Crippen LogP contribution in [0.2, 0.25) is 0 Å². The molecule has 2 amide bonds. The normalized spacial score (nSPS) is 24.5. The number of hydrogen-bond acceptors (Lipinski definition) is 4. The molecule has 1 aromatic heterocycles. The molecule has 1 N–H and O–H groups in total. The summed E-state index contributed by atoms with van der Waals surface area (Å²) in [5, 5.41) is 3.28. The van der Waals surface area contributed by atoms with Crippen molar-refractivity contribution in [1.82, 2.24) is 15.1 Å². The van der Waals surface area contributed by atoms with Crippen molar-refractivity contribution in [2.75, 3.05) is 33.2 Å². The standard InChI is InChI=1S/C20H29N3O2S/c1-22-10-6-16(7-11-22)21-19(24)14-4-5-17-15(12-14)13-18(26-17)20(25)23-8-2-3-9-23/h13-14,16H,2-12H2,1H3,(H,21,24)/t14-/m0/s1. The van der Waals surface area contributed by atoms with E-state index >= 15 is 0 Å². The van der Waals surface area contributed by atoms with Crippen LogP contribution in [0.4, 0.5) is 0 Å². The minimum atomic E-state index is 0.0616. The van der Waals surface area contributed by atoms with Crippen molar-refractivity contribution >= 4 is 23.2 Å². The molecule has 0 bridgehead atoms. The monoisotopic (exact) mass is 375 g/mol. The second-order valence-corrected chi connectivity index (χ2v) is 9.22. The average Bonchev–Trinajstić information content (AvgIpc) is 3.32. The maximum atomic E-state index is 12.7. The van der Waals surface area contributed by atoms with Gasteiger partial charge in [-0.05, 0) is 76.7 Å². The molecular formula is C20H29N3O2S. The number of hydrogen-bond donors (Lipinski definition) is 1. The van der Waals surface area contributed by atoms with E-state index < -0.39 is 0 Å². The van der Waals surface area contributed by atoms with Gasteiger partial charge in [-0.3, -0.25) is 9.59 Å². The summed E-state index contributed by atoms with van der Waals surface area (Å²) in [7, 11) is 2.14. The Morgan fingerprint density at radius 3 is 2.58 bits per heavy atom. The lowest BCUT2D eigenvalue weighted by Gasteiger charge is -2.31. The Morgan fingerprint density at radius 2 is 1.85 bits per heavy atom. The van der Waals surface area contributed by atoms with E-state index in [9.17, 15) is 9.59 Å². The molecule has 1 aliphatic carbocycles. The maximum Gasteiger partial charge on any atom is 0.263 e. The second-order valence-electron chi connectivity index (χ2n) is 8.08. The number of aryl methyl sites for hydroxylation is 1. The van der Waals surface area contributed by atoms with Crippen LogP contribution in [0.3, 0.4) is 0 Å². The van der Waals surface area contributed by atoms with Crippen LogP contribution in [0, 0.1) is 5.92 Å². The van der Waals surface area contributed by atoms with Gasteiger partial charge in [-0.25, -0.2) is 0 Å². The van der Waals surface area contributed by atoms with Gasteiger partial charge in [0.25, 0.3) is 5.91 Å². The second kappa shape index (κ2) is 7.69. The van der Waals surface area contributed by atoms with Crippen LogP contribution >= 0.6 is 11.3 Å². The first-order chi connectivity index (χ1) is 12.6. The van der Waals surface area contributed by atoms with E-state index in [1.165, 1.54) is 10.4 Å². The smallest absolute Gasteiger partial charge is 0.263 e. The van der Waals surface area contributed by atoms with Gasteiger partial charge in [-0.15, -0.1) is 11.3 Å². The number of amides is 2. The molecule has 0 saturated carbocycles. The number of fused-ring (bicyclic) bond motifs is 1. The van der Waals surface area contributed by atoms with E-state index in [0.717, 1.165) is 76.0 Å². The van der Waals surface area contributed by atoms with E-state index in [2.05, 4.69) is 23.3 Å². The number of nitrogens with zero attached hydrogens (tertiary/aromatic N) is 2. The summed E-state index contributed by atoms with van der Waals surface area (Å²) in [5.74, 6) is 0.463. The fraction of sp³-hybridized carbons (Fsp3) is 0.700. The van der Waals surface area contributed by atoms with Crippen molar-refractivity contribution < 1.29 is 9.59 Å². The Morgan fingerprint density at radius 1 is 1.12 bits per heavy atom. The first-order valence-corrected chi connectivity index (χ1v) is 10.8. The molecule has 0 radical (unpaired) electrons. The predicted molar refractivity (Wildman–Crippen MR) is 104 cm³/mol. The van der Waals surface area contributed by atoms with Crippen LogP contribution in [0.15, 0.2) is 6.07 Å². The molecule has 3 aliphatic rings. The number of carbonyl (C=O) groups is 2. The number of thiophene rings is 1. The minimum Gasteiger partial charge on any atom is -0.353 e. The Balaban J connectivity index is 1.36. The Bertz CT molecular complexity index is 673. The summed E-state index contributed by atoms with van der Waals surface area (Å²) in [6, 6.07) is 2.39. The quantitative estimate of drug-likeness (QED) is 0.882. The van der Waals surface area contributed by atoms with Crippen molar-refractivity contribution in [3.8, 4) is 0 Å². The zero-order valence-corrected chi connectivity index (χ0v) is 16.4. The van der Waals surface area contributed by atoms with Crippen molar-refractivity contribution in [2.24, 2.45) is 5.92 Å². The summed E-state index contributed by atoms with van der Waals surface area (Å²) in [6.07, 6.45) is 6.96. The molecule has 4 rings (SSSR count). The van der Waals surface area contributed by atoms with Crippen LogP contribution < -0.4 is 5.32 Å². The van der Waals surface area contributed by atoms with Gasteiger partial charge in [0.1, 0.15) is 0 Å². The number of rotatable bonds is 3. The van der Waals surface area contributed by atoms with Crippen molar-refractivity contribution in [1.29, 1.82) is 0 Å². The van der Waals surface area contributed by atoms with Gasteiger partial charge in [-0.2, -0.15) is 0 Å². The van der Waals surface area contributed by atoms with Gasteiger partial charge < -0.3 is 15.1 Å². The first-order valence-electron chi connectivity index (χ1n) is 10.00. The van der Waals surface area contributed by atoms with E-state index in [1.54, 1.807) is 11.3 Å². The van der Waals surface area contributed by atoms with E-state index in [0.29, 0.717) is 6.04 Å². The maximum absolute atomic E-state index is 12.7. The van der Waals surface area contributed by atoms with Crippen molar-refractivity contribution in [3.05, 3.63) is 21.4 Å². The van der Waals surface area contributed by atoms with Gasteiger partial charge in [0.15, 0.2) is 0 Å². The van der Waals surface area contributed by atoms with Gasteiger partial charge >= 0.3 is 0 Å². The van der Waals surface area contributed by atoms with Crippen molar-refractivity contribution in [3.63, 3.8) is 0 Å². The molecular weight excluding hydrogens is 346 g/mol. The van der Waals surface area contributed by atoms with Crippen molar-refractivity contribution in [2.45, 2.75) is 51.0 Å². The van der Waals surface area contributed by atoms with Crippen LogP contribution in [0.1, 0.15) is 52.2 Å². The summed E-state index contributed by atoms with van der Waals surface area (Å²) in [5.41, 5.74) is 1.23. The average molecular weight is 376 g/mol. The summed E-state index contributed by atoms with van der Waals surface area (Å²) in [6.45, 7) is 3.91. The fourth-order valence-corrected chi connectivity index (χ4v) is 5.58. The van der Waals surface area contributed by atoms with Crippen LogP contribution in [0.25, 0.3) is 0 Å². The largest absolute Gasteiger partial charge is 0.353 e. The molecule has 0 aromatic carbocycles. The van der Waals surface area contributed by atoms with Crippen LogP contribution in [0.5, 0.6) is 0 Å². The fourth-order valence-electron chi connectivity index (χ4n) is 4.40. The number of likely N-dealkylation sites (tertiary alicyclic amines) is 2. The zero-order chi connectivity index (χ0) is 18.1. The zero-order valence-electron chi connectivity index (χ0n) is 15.6. The van der Waals surface area contributed by atoms with E-state index in [1.807, 2.05) is 4.90 Å². The lowest BCUT2D eigenvalue weighted by molar-refractivity contribution is -0.126. The Kier molecular flexibility index (Phi) is 5.32. The van der Waals surface area contributed by atoms with Crippen LogP contribution in [-0.2, 0) is 17.6 Å². The lowest BCUT2D eigenvalue weighted by atomic mass is 9.87. The third kappa shape index (κ3) is 3.81. The Hall–Kier alpha value is -1.40. The van der Waals surface area contributed by atoms with E-state index in [-0.39, 0.29) is 17.7 Å². The molecule has 1 atom stereocenters. The molecule has 26 heavy (non-hydrogen) atoms. The SMILES string of the molecule is CN1CCC(NC(=O)[C@H]2CCc3sc(C(=O)N4CCCC4)cc3C2)CC1. The molecule has 2 fully saturated rings. The highest BCUT2D eigenvalue weighted by atomic mass is 32.1. The molecule has 2 saturated heterocycles. The van der Waals surface area contributed by atoms with Gasteiger partial charge in [-0.1, -0.05) is 0 Å². The molecule has 3 heterocycles. The highest BCUT2D eigenvalue weighted by Gasteiger charge is 2.30. The summed E-state index contributed by atoms with van der Waals surface area (Å²) < 4.78 is 0. The molecule has 2 aliphatic heterocycles. The molecule has 6 heteroatoms. The topological polar surface area (TPSA) is 52.7 Å². The first kappa shape index (κ1) is 18.0. The summed E-state index contributed by atoms with van der Waals surface area (Å²) in [4.78, 5) is 31.8. The van der Waals surface area contributed by atoms with Gasteiger partial charge in [0, 0.05) is 29.9 Å². The summed E-state index contributed by atoms with van der Waals surface area (Å²) >= 11 is 1.65. The van der Waals surface area contributed by atoms with Gasteiger partial charge in [0.05, 0.1) is 4.88 Å².